The molecule has 1 saturated carbocycles. The molecular formula is C16H24FNO2. The average Bonchev–Trinajstić information content (AvgIpc) is 2.73. The molecule has 1 aromatic carbocycles. The molecule has 4 heteroatoms. The molecule has 0 aromatic heterocycles. The number of ether oxygens (including phenoxy) is 1. The van der Waals surface area contributed by atoms with Crippen molar-refractivity contribution >= 4 is 0 Å². The van der Waals surface area contributed by atoms with Gasteiger partial charge in [-0.25, -0.2) is 4.39 Å². The quantitative estimate of drug-likeness (QED) is 0.788. The van der Waals surface area contributed by atoms with Gasteiger partial charge in [0.05, 0.1) is 0 Å². The molecule has 0 amide bonds. The third kappa shape index (κ3) is 5.47. The predicted molar refractivity (Wildman–Crippen MR) is 77.4 cm³/mol. The molecule has 0 radical (unpaired) electrons. The van der Waals surface area contributed by atoms with Gasteiger partial charge in [-0.05, 0) is 37.1 Å². The van der Waals surface area contributed by atoms with Crippen LogP contribution in [0.5, 0.6) is 5.75 Å². The molecule has 2 N–H and O–H groups in total. The maximum atomic E-state index is 12.7. The van der Waals surface area contributed by atoms with Crippen molar-refractivity contribution in [2.24, 2.45) is 0 Å². The van der Waals surface area contributed by atoms with Gasteiger partial charge < -0.3 is 15.2 Å². The van der Waals surface area contributed by atoms with Crippen LogP contribution < -0.4 is 10.1 Å². The van der Waals surface area contributed by atoms with Gasteiger partial charge in [-0.15, -0.1) is 0 Å². The van der Waals surface area contributed by atoms with Crippen LogP contribution in [0.4, 0.5) is 4.39 Å². The van der Waals surface area contributed by atoms with Crippen molar-refractivity contribution in [3.8, 4) is 5.75 Å². The minimum Gasteiger partial charge on any atom is -0.491 e. The Labute approximate surface area is 120 Å². The van der Waals surface area contributed by atoms with E-state index in [0.29, 0.717) is 18.3 Å². The fourth-order valence-electron chi connectivity index (χ4n) is 2.57. The lowest BCUT2D eigenvalue weighted by atomic mass is 10.1. The van der Waals surface area contributed by atoms with Crippen molar-refractivity contribution in [3.63, 3.8) is 0 Å². The Morgan fingerprint density at radius 3 is 2.45 bits per heavy atom. The maximum Gasteiger partial charge on any atom is 0.123 e. The van der Waals surface area contributed by atoms with E-state index in [4.69, 9.17) is 4.74 Å². The fraction of sp³-hybridized carbons (Fsp3) is 0.625. The first kappa shape index (κ1) is 15.3. The summed E-state index contributed by atoms with van der Waals surface area (Å²) in [5.41, 5.74) is 0. The van der Waals surface area contributed by atoms with Gasteiger partial charge in [0.25, 0.3) is 0 Å². The predicted octanol–water partition coefficient (Wildman–Crippen LogP) is 2.88. The molecule has 0 unspecified atom stereocenters. The Hall–Kier alpha value is -1.13. The molecule has 0 aliphatic heterocycles. The largest absolute Gasteiger partial charge is 0.491 e. The Balaban J connectivity index is 1.64. The molecule has 20 heavy (non-hydrogen) atoms. The number of nitrogens with one attached hydrogen (secondary N) is 1. The first-order valence-electron chi connectivity index (χ1n) is 7.54. The van der Waals surface area contributed by atoms with Crippen molar-refractivity contribution in [1.82, 2.24) is 5.32 Å². The van der Waals surface area contributed by atoms with Crippen LogP contribution in [-0.4, -0.2) is 30.4 Å². The number of aliphatic hydroxyl groups is 1. The maximum absolute atomic E-state index is 12.7. The smallest absolute Gasteiger partial charge is 0.123 e. The standard InChI is InChI=1S/C16H24FNO2/c17-13-7-9-16(10-8-13)20-12-15(19)11-18-14-5-3-1-2-4-6-14/h7-10,14-15,18-19H,1-6,11-12H2/t15-/m0/s1. The van der Waals surface area contributed by atoms with E-state index in [9.17, 15) is 9.50 Å². The van der Waals surface area contributed by atoms with Crippen molar-refractivity contribution in [2.45, 2.75) is 50.7 Å². The molecule has 1 atom stereocenters. The van der Waals surface area contributed by atoms with Gasteiger partial charge in [0, 0.05) is 12.6 Å². The molecule has 1 fully saturated rings. The third-order valence-electron chi connectivity index (χ3n) is 3.75. The Bertz CT molecular complexity index is 375. The minimum atomic E-state index is -0.539. The molecule has 1 aliphatic carbocycles. The molecule has 112 valence electrons. The van der Waals surface area contributed by atoms with E-state index in [2.05, 4.69) is 5.32 Å². The van der Waals surface area contributed by atoms with E-state index < -0.39 is 6.10 Å². The van der Waals surface area contributed by atoms with Gasteiger partial charge in [-0.2, -0.15) is 0 Å². The van der Waals surface area contributed by atoms with Crippen molar-refractivity contribution in [1.29, 1.82) is 0 Å². The lowest BCUT2D eigenvalue weighted by molar-refractivity contribution is 0.103. The van der Waals surface area contributed by atoms with E-state index in [0.717, 1.165) is 0 Å². The number of benzene rings is 1. The normalized spacial score (nSPS) is 18.5. The van der Waals surface area contributed by atoms with E-state index in [1.54, 1.807) is 12.1 Å². The number of halogens is 1. The summed E-state index contributed by atoms with van der Waals surface area (Å²) in [5, 5.41) is 13.3. The number of hydrogen-bond acceptors (Lipinski definition) is 3. The van der Waals surface area contributed by atoms with Crippen LogP contribution in [0.3, 0.4) is 0 Å². The summed E-state index contributed by atoms with van der Waals surface area (Å²) in [7, 11) is 0. The Kier molecular flexibility index (Phi) is 6.27. The topological polar surface area (TPSA) is 41.5 Å². The summed E-state index contributed by atoms with van der Waals surface area (Å²) in [6.07, 6.45) is 7.07. The van der Waals surface area contributed by atoms with E-state index in [1.165, 1.54) is 50.7 Å². The van der Waals surface area contributed by atoms with Crippen LogP contribution in [0.2, 0.25) is 0 Å². The van der Waals surface area contributed by atoms with Crippen LogP contribution in [0.1, 0.15) is 38.5 Å². The number of rotatable bonds is 6. The SMILES string of the molecule is O[C@@H](CNC1CCCCCC1)COc1ccc(F)cc1. The molecule has 0 spiro atoms. The van der Waals surface area contributed by atoms with Crippen molar-refractivity contribution in [3.05, 3.63) is 30.1 Å². The minimum absolute atomic E-state index is 0.228. The molecule has 1 aliphatic rings. The van der Waals surface area contributed by atoms with Crippen LogP contribution in [0, 0.1) is 5.82 Å². The summed E-state index contributed by atoms with van der Waals surface area (Å²) in [4.78, 5) is 0. The molecule has 0 saturated heterocycles. The Morgan fingerprint density at radius 1 is 1.15 bits per heavy atom. The van der Waals surface area contributed by atoms with Crippen LogP contribution in [0.25, 0.3) is 0 Å². The molecule has 3 nitrogen and oxygen atoms in total. The first-order chi connectivity index (χ1) is 9.74. The third-order valence-corrected chi connectivity index (χ3v) is 3.75. The molecular weight excluding hydrogens is 257 g/mol. The monoisotopic (exact) mass is 281 g/mol. The zero-order valence-corrected chi connectivity index (χ0v) is 11.9. The summed E-state index contributed by atoms with van der Waals surface area (Å²) in [5.74, 6) is 0.299. The summed E-state index contributed by atoms with van der Waals surface area (Å²) >= 11 is 0. The lowest BCUT2D eigenvalue weighted by Crippen LogP contribution is -2.37. The van der Waals surface area contributed by atoms with E-state index in [-0.39, 0.29) is 12.4 Å². The van der Waals surface area contributed by atoms with Crippen molar-refractivity contribution in [2.75, 3.05) is 13.2 Å². The summed E-state index contributed by atoms with van der Waals surface area (Å²) in [6.45, 7) is 0.775. The summed E-state index contributed by atoms with van der Waals surface area (Å²) < 4.78 is 18.2. The number of aliphatic hydroxyl groups excluding tert-OH is 1. The highest BCUT2D eigenvalue weighted by atomic mass is 19.1. The zero-order chi connectivity index (χ0) is 14.2. The van der Waals surface area contributed by atoms with Gasteiger partial charge in [0.15, 0.2) is 0 Å². The second-order valence-corrected chi connectivity index (χ2v) is 5.52. The van der Waals surface area contributed by atoms with Gasteiger partial charge in [-0.3, -0.25) is 0 Å². The van der Waals surface area contributed by atoms with Gasteiger partial charge in [-0.1, -0.05) is 25.7 Å². The van der Waals surface area contributed by atoms with E-state index >= 15 is 0 Å². The second-order valence-electron chi connectivity index (χ2n) is 5.52. The number of hydrogen-bond donors (Lipinski definition) is 2. The molecule has 1 aromatic rings. The van der Waals surface area contributed by atoms with Gasteiger partial charge >= 0.3 is 0 Å². The molecule has 0 bridgehead atoms. The highest BCUT2D eigenvalue weighted by molar-refractivity contribution is 5.22. The van der Waals surface area contributed by atoms with Gasteiger partial charge in [0.2, 0.25) is 0 Å². The van der Waals surface area contributed by atoms with Crippen LogP contribution in [0.15, 0.2) is 24.3 Å². The fourth-order valence-corrected chi connectivity index (χ4v) is 2.57. The lowest BCUT2D eigenvalue weighted by Gasteiger charge is -2.19. The Morgan fingerprint density at radius 2 is 1.80 bits per heavy atom. The highest BCUT2D eigenvalue weighted by Crippen LogP contribution is 2.17. The zero-order valence-electron chi connectivity index (χ0n) is 11.9. The highest BCUT2D eigenvalue weighted by Gasteiger charge is 2.13. The molecule has 0 heterocycles. The van der Waals surface area contributed by atoms with Crippen molar-refractivity contribution < 1.29 is 14.2 Å². The average molecular weight is 281 g/mol. The molecule has 2 rings (SSSR count). The second kappa shape index (κ2) is 8.22. The van der Waals surface area contributed by atoms with E-state index in [1.807, 2.05) is 0 Å². The van der Waals surface area contributed by atoms with Crippen LogP contribution >= 0.6 is 0 Å². The van der Waals surface area contributed by atoms with Gasteiger partial charge in [0.1, 0.15) is 24.3 Å². The van der Waals surface area contributed by atoms with Crippen LogP contribution in [-0.2, 0) is 0 Å². The summed E-state index contributed by atoms with van der Waals surface area (Å²) in [6, 6.07) is 6.37. The first-order valence-corrected chi connectivity index (χ1v) is 7.54.